The lowest BCUT2D eigenvalue weighted by atomic mass is 10.0. The van der Waals surface area contributed by atoms with Gasteiger partial charge in [-0.2, -0.15) is 0 Å². The van der Waals surface area contributed by atoms with E-state index in [4.69, 9.17) is 0 Å². The van der Waals surface area contributed by atoms with Crippen LogP contribution in [0.2, 0.25) is 0 Å². The Kier molecular flexibility index (Phi) is 12.8. The van der Waals surface area contributed by atoms with E-state index in [2.05, 4.69) is 17.6 Å². The summed E-state index contributed by atoms with van der Waals surface area (Å²) in [6.45, 7) is 2.25. The van der Waals surface area contributed by atoms with Gasteiger partial charge in [-0.1, -0.05) is 84.0 Å². The molecule has 1 atom stereocenters. The van der Waals surface area contributed by atoms with E-state index in [1.807, 2.05) is 0 Å². The molecule has 5 heteroatoms. The highest BCUT2D eigenvalue weighted by molar-refractivity contribution is 6.01. The molecule has 0 radical (unpaired) electrons. The van der Waals surface area contributed by atoms with Gasteiger partial charge in [0, 0.05) is 12.8 Å². The van der Waals surface area contributed by atoms with Crippen molar-refractivity contribution >= 4 is 17.7 Å². The molecular weight excluding hydrogens is 328 g/mol. The molecule has 2 N–H and O–H groups in total. The van der Waals surface area contributed by atoms with E-state index in [0.717, 1.165) is 12.8 Å². The number of carbonyl (C=O) groups excluding carboxylic acids is 3. The summed E-state index contributed by atoms with van der Waals surface area (Å²) in [7, 11) is 0. The third-order valence-corrected chi connectivity index (χ3v) is 5.08. The summed E-state index contributed by atoms with van der Waals surface area (Å²) in [6.07, 6.45) is 17.8. The van der Waals surface area contributed by atoms with Gasteiger partial charge < -0.3 is 5.32 Å². The zero-order valence-corrected chi connectivity index (χ0v) is 16.6. The van der Waals surface area contributed by atoms with Crippen LogP contribution in [-0.4, -0.2) is 23.8 Å². The summed E-state index contributed by atoms with van der Waals surface area (Å²) in [6, 6.07) is -0.540. The fourth-order valence-corrected chi connectivity index (χ4v) is 3.40. The minimum Gasteiger partial charge on any atom is -0.344 e. The number of hydrogen-bond donors (Lipinski definition) is 2. The minimum atomic E-state index is -0.540. The Labute approximate surface area is 159 Å². The molecule has 150 valence electrons. The van der Waals surface area contributed by atoms with E-state index in [9.17, 15) is 14.4 Å². The number of carbonyl (C=O) groups is 3. The van der Waals surface area contributed by atoms with Gasteiger partial charge in [0.15, 0.2) is 0 Å². The zero-order chi connectivity index (χ0) is 19.0. The van der Waals surface area contributed by atoms with Gasteiger partial charge in [-0.15, -0.1) is 0 Å². The van der Waals surface area contributed by atoms with E-state index < -0.39 is 6.04 Å². The standard InChI is InChI=1S/C21H38N2O3/c1-2-3-4-5-6-7-8-9-10-11-12-13-14-15-19(24)22-18-16-17-20(25)23-21(18)26/h18H,2-17H2,1H3,(H,22,24)(H,23,25,26). The van der Waals surface area contributed by atoms with Crippen molar-refractivity contribution in [2.45, 2.75) is 116 Å². The minimum absolute atomic E-state index is 0.0810. The fourth-order valence-electron chi connectivity index (χ4n) is 3.40. The van der Waals surface area contributed by atoms with Gasteiger partial charge >= 0.3 is 0 Å². The maximum absolute atomic E-state index is 11.9. The fraction of sp³-hybridized carbons (Fsp3) is 0.857. The SMILES string of the molecule is CCCCCCCCCCCCCCCC(=O)NC1CCC(=O)NC1=O. The molecule has 0 bridgehead atoms. The summed E-state index contributed by atoms with van der Waals surface area (Å²) in [5.74, 6) is -0.709. The molecule has 1 unspecified atom stereocenters. The van der Waals surface area contributed by atoms with Gasteiger partial charge in [-0.25, -0.2) is 0 Å². The molecule has 1 aliphatic rings. The largest absolute Gasteiger partial charge is 0.344 e. The number of hydrogen-bond acceptors (Lipinski definition) is 3. The highest BCUT2D eigenvalue weighted by Gasteiger charge is 2.27. The van der Waals surface area contributed by atoms with Crippen LogP contribution in [0.4, 0.5) is 0 Å². The topological polar surface area (TPSA) is 75.3 Å². The number of rotatable bonds is 15. The van der Waals surface area contributed by atoms with Crippen LogP contribution < -0.4 is 10.6 Å². The van der Waals surface area contributed by atoms with Gasteiger partial charge in [0.25, 0.3) is 0 Å². The van der Waals surface area contributed by atoms with Crippen LogP contribution in [0.3, 0.4) is 0 Å². The maximum atomic E-state index is 11.9. The van der Waals surface area contributed by atoms with Crippen molar-refractivity contribution in [1.29, 1.82) is 0 Å². The van der Waals surface area contributed by atoms with Gasteiger partial charge in [0.2, 0.25) is 17.7 Å². The van der Waals surface area contributed by atoms with Crippen LogP contribution in [0.15, 0.2) is 0 Å². The molecule has 1 rings (SSSR count). The van der Waals surface area contributed by atoms with Crippen LogP contribution in [0, 0.1) is 0 Å². The second kappa shape index (κ2) is 14.7. The summed E-state index contributed by atoms with van der Waals surface area (Å²) in [5, 5.41) is 4.99. The molecule has 0 aromatic rings. The summed E-state index contributed by atoms with van der Waals surface area (Å²) in [4.78, 5) is 34.5. The Bertz CT molecular complexity index is 423. The smallest absolute Gasteiger partial charge is 0.249 e. The van der Waals surface area contributed by atoms with Crippen molar-refractivity contribution in [3.05, 3.63) is 0 Å². The van der Waals surface area contributed by atoms with E-state index in [0.29, 0.717) is 19.3 Å². The van der Waals surface area contributed by atoms with Gasteiger partial charge in [0.1, 0.15) is 6.04 Å². The van der Waals surface area contributed by atoms with Gasteiger partial charge in [-0.3, -0.25) is 19.7 Å². The van der Waals surface area contributed by atoms with Crippen LogP contribution in [0.5, 0.6) is 0 Å². The Morgan fingerprint density at radius 2 is 1.38 bits per heavy atom. The molecule has 3 amide bonds. The van der Waals surface area contributed by atoms with E-state index in [1.54, 1.807) is 0 Å². The first-order chi connectivity index (χ1) is 12.6. The van der Waals surface area contributed by atoms with Crippen molar-refractivity contribution in [2.24, 2.45) is 0 Å². The Morgan fingerprint density at radius 1 is 0.885 bits per heavy atom. The van der Waals surface area contributed by atoms with Crippen LogP contribution in [-0.2, 0) is 14.4 Å². The second-order valence-electron chi connectivity index (χ2n) is 7.56. The third kappa shape index (κ3) is 11.3. The van der Waals surface area contributed by atoms with Gasteiger partial charge in [-0.05, 0) is 12.8 Å². The highest BCUT2D eigenvalue weighted by Crippen LogP contribution is 2.13. The molecule has 0 aromatic heterocycles. The zero-order valence-electron chi connectivity index (χ0n) is 16.6. The first-order valence-corrected chi connectivity index (χ1v) is 10.8. The van der Waals surface area contributed by atoms with Gasteiger partial charge in [0.05, 0.1) is 0 Å². The Morgan fingerprint density at radius 3 is 1.88 bits per heavy atom. The van der Waals surface area contributed by atoms with Crippen LogP contribution in [0.25, 0.3) is 0 Å². The lowest BCUT2D eigenvalue weighted by molar-refractivity contribution is -0.137. The normalized spacial score (nSPS) is 17.2. The molecule has 0 spiro atoms. The summed E-state index contributed by atoms with van der Waals surface area (Å²) >= 11 is 0. The molecule has 0 aliphatic carbocycles. The maximum Gasteiger partial charge on any atom is 0.249 e. The van der Waals surface area contributed by atoms with Crippen molar-refractivity contribution < 1.29 is 14.4 Å². The number of amides is 3. The molecule has 1 aliphatic heterocycles. The highest BCUT2D eigenvalue weighted by atomic mass is 16.2. The van der Waals surface area contributed by atoms with Crippen molar-refractivity contribution in [3.63, 3.8) is 0 Å². The molecule has 1 fully saturated rings. The number of nitrogens with one attached hydrogen (secondary N) is 2. The molecule has 5 nitrogen and oxygen atoms in total. The quantitative estimate of drug-likeness (QED) is 0.333. The molecule has 1 heterocycles. The van der Waals surface area contributed by atoms with Crippen molar-refractivity contribution in [2.75, 3.05) is 0 Å². The predicted octanol–water partition coefficient (Wildman–Crippen LogP) is 4.39. The van der Waals surface area contributed by atoms with Crippen LogP contribution >= 0.6 is 0 Å². The van der Waals surface area contributed by atoms with Crippen molar-refractivity contribution in [1.82, 2.24) is 10.6 Å². The molecule has 0 aromatic carbocycles. The van der Waals surface area contributed by atoms with E-state index >= 15 is 0 Å². The lowest BCUT2D eigenvalue weighted by Crippen LogP contribution is -2.52. The number of piperidine rings is 1. The molecule has 26 heavy (non-hydrogen) atoms. The molecule has 1 saturated heterocycles. The number of imide groups is 1. The summed E-state index contributed by atoms with van der Waals surface area (Å²) < 4.78 is 0. The lowest BCUT2D eigenvalue weighted by Gasteiger charge is -2.21. The molecular formula is C21H38N2O3. The van der Waals surface area contributed by atoms with E-state index in [-0.39, 0.29) is 17.7 Å². The second-order valence-corrected chi connectivity index (χ2v) is 7.56. The van der Waals surface area contributed by atoms with Crippen LogP contribution in [0.1, 0.15) is 110 Å². The first-order valence-electron chi connectivity index (χ1n) is 10.8. The average molecular weight is 367 g/mol. The Hall–Kier alpha value is -1.39. The van der Waals surface area contributed by atoms with E-state index in [1.165, 1.54) is 70.6 Å². The first kappa shape index (κ1) is 22.7. The monoisotopic (exact) mass is 366 g/mol. The number of unbranched alkanes of at least 4 members (excludes halogenated alkanes) is 12. The predicted molar refractivity (Wildman–Crippen MR) is 105 cm³/mol. The Balaban J connectivity index is 1.86. The average Bonchev–Trinajstić information content (AvgIpc) is 2.61. The molecule has 0 saturated carbocycles. The third-order valence-electron chi connectivity index (χ3n) is 5.08. The summed E-state index contributed by atoms with van der Waals surface area (Å²) in [5.41, 5.74) is 0. The van der Waals surface area contributed by atoms with Crippen molar-refractivity contribution in [3.8, 4) is 0 Å².